The van der Waals surface area contributed by atoms with E-state index in [1.807, 2.05) is 6.92 Å². The minimum atomic E-state index is 0.0639. The van der Waals surface area contributed by atoms with Gasteiger partial charge >= 0.3 is 0 Å². The molecule has 2 aliphatic rings. The molecular weight excluding hydrogens is 168 g/mol. The molecule has 0 radical (unpaired) electrons. The van der Waals surface area contributed by atoms with Crippen molar-refractivity contribution in [3.8, 4) is 0 Å². The third kappa shape index (κ3) is 1.69. The Morgan fingerprint density at radius 3 is 3.00 bits per heavy atom. The molecule has 4 nitrogen and oxygen atoms in total. The Balaban J connectivity index is 1.84. The number of amides is 1. The minimum Gasteiger partial charge on any atom is -0.302 e. The monoisotopic (exact) mass is 184 g/mol. The van der Waals surface area contributed by atoms with E-state index in [2.05, 4.69) is 10.4 Å². The standard InChI is InChI=1S/C9H16N2O2/c1-2-13-10-9(12)8-6-11-4-3-7(8)5-11/h7-8H,2-6H2,1H3,(H,10,12). The third-order valence-electron chi connectivity index (χ3n) is 2.99. The summed E-state index contributed by atoms with van der Waals surface area (Å²) in [6.45, 7) is 5.59. The third-order valence-corrected chi connectivity index (χ3v) is 2.99. The first-order chi connectivity index (χ1) is 6.31. The summed E-state index contributed by atoms with van der Waals surface area (Å²) in [7, 11) is 0. The smallest absolute Gasteiger partial charge is 0.248 e. The fraction of sp³-hybridized carbons (Fsp3) is 0.889. The molecule has 3 unspecified atom stereocenters. The molecule has 74 valence electrons. The molecule has 2 bridgehead atoms. The lowest BCUT2D eigenvalue weighted by atomic mass is 9.92. The summed E-state index contributed by atoms with van der Waals surface area (Å²) >= 11 is 0. The van der Waals surface area contributed by atoms with Crippen molar-refractivity contribution in [3.05, 3.63) is 0 Å². The van der Waals surface area contributed by atoms with Crippen LogP contribution in [0.2, 0.25) is 0 Å². The Morgan fingerprint density at radius 1 is 1.62 bits per heavy atom. The Hall–Kier alpha value is -0.610. The molecule has 0 aliphatic carbocycles. The van der Waals surface area contributed by atoms with Gasteiger partial charge in [-0.1, -0.05) is 0 Å². The number of carbonyl (C=O) groups is 1. The number of hydrogen-bond acceptors (Lipinski definition) is 3. The summed E-state index contributed by atoms with van der Waals surface area (Å²) in [5, 5.41) is 0. The molecular formula is C9H16N2O2. The molecule has 2 aliphatic heterocycles. The van der Waals surface area contributed by atoms with Crippen LogP contribution >= 0.6 is 0 Å². The predicted octanol–water partition coefficient (Wildman–Crippen LogP) is 0.00580. The van der Waals surface area contributed by atoms with Crippen LogP contribution in [0.25, 0.3) is 0 Å². The topological polar surface area (TPSA) is 41.6 Å². The average Bonchev–Trinajstić information content (AvgIpc) is 2.74. The van der Waals surface area contributed by atoms with Crippen LogP contribution in [-0.2, 0) is 9.63 Å². The average molecular weight is 184 g/mol. The van der Waals surface area contributed by atoms with Crippen LogP contribution in [-0.4, -0.2) is 37.0 Å². The first kappa shape index (κ1) is 8.97. The summed E-state index contributed by atoms with van der Waals surface area (Å²) in [5.41, 5.74) is 2.49. The molecule has 4 heteroatoms. The number of hydrogen-bond donors (Lipinski definition) is 1. The molecule has 2 saturated heterocycles. The zero-order valence-corrected chi connectivity index (χ0v) is 7.95. The van der Waals surface area contributed by atoms with Crippen LogP contribution < -0.4 is 5.48 Å². The molecule has 1 N–H and O–H groups in total. The maximum atomic E-state index is 11.5. The molecule has 0 aromatic carbocycles. The van der Waals surface area contributed by atoms with Gasteiger partial charge in [-0.25, -0.2) is 5.48 Å². The molecule has 2 rings (SSSR count). The number of nitrogens with zero attached hydrogens (tertiary/aromatic N) is 1. The maximum absolute atomic E-state index is 11.5. The van der Waals surface area contributed by atoms with E-state index in [9.17, 15) is 4.79 Å². The first-order valence-electron chi connectivity index (χ1n) is 4.95. The van der Waals surface area contributed by atoms with Crippen molar-refractivity contribution in [2.45, 2.75) is 13.3 Å². The highest BCUT2D eigenvalue weighted by molar-refractivity contribution is 5.78. The van der Waals surface area contributed by atoms with Gasteiger partial charge in [-0.3, -0.25) is 9.63 Å². The second-order valence-corrected chi connectivity index (χ2v) is 3.81. The fourth-order valence-electron chi connectivity index (χ4n) is 2.30. The van der Waals surface area contributed by atoms with Crippen LogP contribution in [0.4, 0.5) is 0 Å². The van der Waals surface area contributed by atoms with E-state index >= 15 is 0 Å². The van der Waals surface area contributed by atoms with E-state index in [-0.39, 0.29) is 11.8 Å². The van der Waals surface area contributed by atoms with Gasteiger partial charge in [0.15, 0.2) is 0 Å². The highest BCUT2D eigenvalue weighted by Gasteiger charge is 2.41. The van der Waals surface area contributed by atoms with Gasteiger partial charge in [-0.05, 0) is 25.8 Å². The minimum absolute atomic E-state index is 0.0639. The summed E-state index contributed by atoms with van der Waals surface area (Å²) in [6.07, 6.45) is 1.17. The predicted molar refractivity (Wildman–Crippen MR) is 47.8 cm³/mol. The number of nitrogens with one attached hydrogen (secondary N) is 1. The lowest BCUT2D eigenvalue weighted by Crippen LogP contribution is -2.37. The molecule has 13 heavy (non-hydrogen) atoms. The Morgan fingerprint density at radius 2 is 2.46 bits per heavy atom. The van der Waals surface area contributed by atoms with Crippen molar-refractivity contribution in [2.75, 3.05) is 26.2 Å². The highest BCUT2D eigenvalue weighted by atomic mass is 16.6. The van der Waals surface area contributed by atoms with Crippen molar-refractivity contribution < 1.29 is 9.63 Å². The van der Waals surface area contributed by atoms with Crippen molar-refractivity contribution >= 4 is 5.91 Å². The van der Waals surface area contributed by atoms with Crippen LogP contribution in [0.1, 0.15) is 13.3 Å². The Labute approximate surface area is 78.2 Å². The zero-order chi connectivity index (χ0) is 9.26. The molecule has 0 aromatic heterocycles. The largest absolute Gasteiger partial charge is 0.302 e. The van der Waals surface area contributed by atoms with Gasteiger partial charge in [-0.2, -0.15) is 0 Å². The van der Waals surface area contributed by atoms with Crippen LogP contribution in [0.5, 0.6) is 0 Å². The van der Waals surface area contributed by atoms with Crippen LogP contribution in [0.15, 0.2) is 0 Å². The number of hydroxylamine groups is 1. The summed E-state index contributed by atoms with van der Waals surface area (Å²) in [6, 6.07) is 0. The molecule has 2 heterocycles. The second kappa shape index (κ2) is 3.64. The molecule has 2 fully saturated rings. The second-order valence-electron chi connectivity index (χ2n) is 3.81. The van der Waals surface area contributed by atoms with Gasteiger partial charge in [-0.15, -0.1) is 0 Å². The van der Waals surface area contributed by atoms with Crippen LogP contribution in [0, 0.1) is 11.8 Å². The van der Waals surface area contributed by atoms with Gasteiger partial charge < -0.3 is 4.90 Å². The van der Waals surface area contributed by atoms with Gasteiger partial charge in [0, 0.05) is 13.1 Å². The number of piperidine rings is 1. The SMILES string of the molecule is CCONC(=O)C1CN2CCC1C2. The van der Waals surface area contributed by atoms with Gasteiger partial charge in [0.1, 0.15) is 0 Å². The molecule has 1 amide bonds. The highest BCUT2D eigenvalue weighted by Crippen LogP contribution is 2.32. The van der Waals surface area contributed by atoms with Gasteiger partial charge in [0.05, 0.1) is 12.5 Å². The fourth-order valence-corrected chi connectivity index (χ4v) is 2.30. The Kier molecular flexibility index (Phi) is 2.51. The zero-order valence-electron chi connectivity index (χ0n) is 7.95. The molecule has 0 spiro atoms. The van der Waals surface area contributed by atoms with Gasteiger partial charge in [0.25, 0.3) is 0 Å². The lowest BCUT2D eigenvalue weighted by molar-refractivity contribution is -0.138. The summed E-state index contributed by atoms with van der Waals surface area (Å²) in [5.74, 6) is 0.801. The lowest BCUT2D eigenvalue weighted by Gasteiger charge is -2.20. The summed E-state index contributed by atoms with van der Waals surface area (Å²) in [4.78, 5) is 18.8. The van der Waals surface area contributed by atoms with E-state index in [1.54, 1.807) is 0 Å². The number of fused-ring (bicyclic) bond motifs is 2. The quantitative estimate of drug-likeness (QED) is 0.628. The Bertz CT molecular complexity index is 208. The first-order valence-corrected chi connectivity index (χ1v) is 4.95. The summed E-state index contributed by atoms with van der Waals surface area (Å²) < 4.78 is 0. The molecule has 0 aromatic rings. The van der Waals surface area contributed by atoms with Gasteiger partial charge in [0.2, 0.25) is 5.91 Å². The van der Waals surface area contributed by atoms with E-state index in [4.69, 9.17) is 4.84 Å². The normalized spacial score (nSPS) is 36.5. The van der Waals surface area contributed by atoms with Crippen molar-refractivity contribution in [1.29, 1.82) is 0 Å². The molecule has 0 saturated carbocycles. The molecule has 3 atom stereocenters. The van der Waals surface area contributed by atoms with Crippen molar-refractivity contribution in [2.24, 2.45) is 11.8 Å². The van der Waals surface area contributed by atoms with Crippen LogP contribution in [0.3, 0.4) is 0 Å². The van der Waals surface area contributed by atoms with E-state index in [0.717, 1.165) is 13.1 Å². The van der Waals surface area contributed by atoms with Crippen molar-refractivity contribution in [1.82, 2.24) is 10.4 Å². The van der Waals surface area contributed by atoms with E-state index < -0.39 is 0 Å². The van der Waals surface area contributed by atoms with E-state index in [0.29, 0.717) is 12.5 Å². The number of carbonyl (C=O) groups excluding carboxylic acids is 1. The van der Waals surface area contributed by atoms with Crippen molar-refractivity contribution in [3.63, 3.8) is 0 Å². The number of rotatable bonds is 3. The maximum Gasteiger partial charge on any atom is 0.248 e. The van der Waals surface area contributed by atoms with E-state index in [1.165, 1.54) is 13.0 Å².